The molecular weight excluding hydrogens is 1240 g/mol. The van der Waals surface area contributed by atoms with E-state index in [1.165, 1.54) is 411 Å². The highest BCUT2D eigenvalue weighted by Gasteiger charge is 2.22. The molecule has 0 amide bonds. The molecule has 0 heterocycles. The van der Waals surface area contributed by atoms with Crippen molar-refractivity contribution in [1.29, 1.82) is 0 Å². The van der Waals surface area contributed by atoms with Gasteiger partial charge in [-0.3, -0.25) is 14.2 Å². The predicted molar refractivity (Wildman–Crippen MR) is 430 cm³/mol. The Morgan fingerprint density at radius 2 is 0.545 bits per heavy atom. The molecule has 2 unspecified atom stereocenters. The van der Waals surface area contributed by atoms with Crippen LogP contribution in [0.4, 0.5) is 0 Å². The molecule has 0 saturated heterocycles. The molecule has 0 bridgehead atoms. The average Bonchev–Trinajstić information content (AvgIpc) is 0.987. The lowest BCUT2D eigenvalue weighted by Gasteiger charge is -2.28. The maximum absolute atomic E-state index is 12.9. The molecule has 0 aliphatic heterocycles. The van der Waals surface area contributed by atoms with Crippen LogP contribution < -0.4 is 4.89 Å². The molecule has 588 valence electrons. The second-order valence-corrected chi connectivity index (χ2v) is 33.4. The van der Waals surface area contributed by atoms with Crippen LogP contribution in [0.5, 0.6) is 0 Å². The van der Waals surface area contributed by atoms with E-state index in [0.29, 0.717) is 17.4 Å². The Balaban J connectivity index is 3.83. The molecule has 0 spiro atoms. The summed E-state index contributed by atoms with van der Waals surface area (Å²) in [5.41, 5.74) is 0. The highest BCUT2D eigenvalue weighted by Crippen LogP contribution is 2.38. The molecule has 10 heteroatoms. The molecule has 0 N–H and O–H groups in total. The van der Waals surface area contributed by atoms with E-state index in [2.05, 4.69) is 38.2 Å². The molecule has 2 atom stereocenters. The first-order chi connectivity index (χ1) is 48.5. The lowest BCUT2D eigenvalue weighted by molar-refractivity contribution is -0.870. The van der Waals surface area contributed by atoms with Crippen LogP contribution in [0.1, 0.15) is 483 Å². The molecule has 0 rings (SSSR count). The van der Waals surface area contributed by atoms with E-state index in [1.54, 1.807) is 0 Å². The average molecular weight is 1420 g/mol. The van der Waals surface area contributed by atoms with Gasteiger partial charge in [0.25, 0.3) is 7.82 Å². The second-order valence-electron chi connectivity index (χ2n) is 32.0. The van der Waals surface area contributed by atoms with E-state index in [9.17, 15) is 19.0 Å². The van der Waals surface area contributed by atoms with Crippen LogP contribution in [0.3, 0.4) is 0 Å². The van der Waals surface area contributed by atoms with Crippen LogP contribution in [0, 0.1) is 0 Å². The Labute approximate surface area is 619 Å². The van der Waals surface area contributed by atoms with E-state index in [-0.39, 0.29) is 32.0 Å². The summed E-state index contributed by atoms with van der Waals surface area (Å²) in [6.45, 7) is 4.33. The predicted octanol–water partition coefficient (Wildman–Crippen LogP) is 29.3. The van der Waals surface area contributed by atoms with E-state index in [1.807, 2.05) is 21.1 Å². The van der Waals surface area contributed by atoms with Gasteiger partial charge in [0.05, 0.1) is 27.7 Å². The van der Waals surface area contributed by atoms with E-state index >= 15 is 0 Å². The van der Waals surface area contributed by atoms with Gasteiger partial charge in [0.15, 0.2) is 6.10 Å². The largest absolute Gasteiger partial charge is 0.756 e. The van der Waals surface area contributed by atoms with Gasteiger partial charge in [-0.05, 0) is 44.9 Å². The fourth-order valence-corrected chi connectivity index (χ4v) is 14.7. The van der Waals surface area contributed by atoms with Crippen LogP contribution in [0.15, 0.2) is 24.3 Å². The summed E-state index contributed by atoms with van der Waals surface area (Å²) < 4.78 is 34.5. The molecule has 0 aromatic heterocycles. The zero-order valence-electron chi connectivity index (χ0n) is 67.5. The summed E-state index contributed by atoms with van der Waals surface area (Å²) in [6.07, 6.45) is 105. The van der Waals surface area contributed by atoms with Gasteiger partial charge in [-0.25, -0.2) is 0 Å². The van der Waals surface area contributed by atoms with Gasteiger partial charge in [-0.15, -0.1) is 0 Å². The molecule has 0 radical (unpaired) electrons. The highest BCUT2D eigenvalue weighted by molar-refractivity contribution is 7.45. The number of likely N-dealkylation sites (N-methyl/N-ethyl adjacent to an activating group) is 1. The van der Waals surface area contributed by atoms with E-state index in [4.69, 9.17) is 18.5 Å². The number of rotatable bonds is 85. The minimum absolute atomic E-state index is 0.0257. The number of unbranched alkanes of at least 4 members (excludes halogenated alkanes) is 67. The van der Waals surface area contributed by atoms with Crippen molar-refractivity contribution in [2.75, 3.05) is 47.5 Å². The highest BCUT2D eigenvalue weighted by atomic mass is 31.2. The van der Waals surface area contributed by atoms with Crippen LogP contribution in [0.25, 0.3) is 0 Å². The number of ether oxygens (including phenoxy) is 2. The smallest absolute Gasteiger partial charge is 0.306 e. The zero-order valence-corrected chi connectivity index (χ0v) is 68.4. The third kappa shape index (κ3) is 85.3. The van der Waals surface area contributed by atoms with Crippen LogP contribution in [0.2, 0.25) is 0 Å². The number of hydrogen-bond acceptors (Lipinski definition) is 8. The number of quaternary nitrogens is 1. The molecule has 99 heavy (non-hydrogen) atoms. The normalized spacial score (nSPS) is 13.0. The van der Waals surface area contributed by atoms with Crippen LogP contribution in [-0.2, 0) is 32.7 Å². The van der Waals surface area contributed by atoms with Crippen LogP contribution >= 0.6 is 7.82 Å². The number of carbonyl (C=O) groups excluding carboxylic acids is 2. The fourth-order valence-electron chi connectivity index (χ4n) is 13.9. The maximum atomic E-state index is 12.9. The minimum Gasteiger partial charge on any atom is -0.756 e. The third-order valence-corrected chi connectivity index (χ3v) is 21.7. The molecule has 0 aliphatic carbocycles. The second kappa shape index (κ2) is 80.6. The number of nitrogens with zero attached hydrogens (tertiary/aromatic N) is 1. The van der Waals surface area contributed by atoms with Crippen molar-refractivity contribution in [1.82, 2.24) is 0 Å². The number of allylic oxidation sites excluding steroid dienone is 4. The number of carbonyl (C=O) groups is 2. The van der Waals surface area contributed by atoms with Gasteiger partial charge in [-0.2, -0.15) is 0 Å². The maximum Gasteiger partial charge on any atom is 0.306 e. The van der Waals surface area contributed by atoms with Gasteiger partial charge in [0, 0.05) is 12.8 Å². The monoisotopic (exact) mass is 1420 g/mol. The summed E-state index contributed by atoms with van der Waals surface area (Å²) in [6, 6.07) is 0. The first kappa shape index (κ1) is 97.5. The number of esters is 2. The van der Waals surface area contributed by atoms with E-state index < -0.39 is 26.5 Å². The van der Waals surface area contributed by atoms with Crippen molar-refractivity contribution in [3.05, 3.63) is 24.3 Å². The van der Waals surface area contributed by atoms with Crippen molar-refractivity contribution in [3.63, 3.8) is 0 Å². The molecule has 0 fully saturated rings. The third-order valence-electron chi connectivity index (χ3n) is 20.7. The Morgan fingerprint density at radius 3 is 0.798 bits per heavy atom. The van der Waals surface area contributed by atoms with E-state index in [0.717, 1.165) is 38.5 Å². The first-order valence-electron chi connectivity index (χ1n) is 44.5. The topological polar surface area (TPSA) is 111 Å². The van der Waals surface area contributed by atoms with Crippen molar-refractivity contribution in [2.45, 2.75) is 489 Å². The summed E-state index contributed by atoms with van der Waals surface area (Å²) in [4.78, 5) is 38.2. The molecule has 0 aliphatic rings. The van der Waals surface area contributed by atoms with Crippen molar-refractivity contribution in [2.24, 2.45) is 0 Å². The van der Waals surface area contributed by atoms with Gasteiger partial charge in [-0.1, -0.05) is 449 Å². The van der Waals surface area contributed by atoms with Crippen LogP contribution in [-0.4, -0.2) is 70.0 Å². The van der Waals surface area contributed by atoms with Crippen molar-refractivity contribution in [3.8, 4) is 0 Å². The SMILES string of the molecule is CCCCCCC/C=C\C/C=C\CCCCCCCCCCCCCCCCCCCCCCCCCCCCCCCC(=O)OC(COC(=O)CCCCCCCCCCCCCCCCCCCCCCCCCCCCCCCCCCCC)COP(=O)([O-])OCC[N+](C)(C)C. The Kier molecular flexibility index (Phi) is 79.4. The minimum atomic E-state index is -4.64. The summed E-state index contributed by atoms with van der Waals surface area (Å²) in [5.74, 6) is -0.801. The van der Waals surface area contributed by atoms with Gasteiger partial charge in [0.2, 0.25) is 0 Å². The molecule has 0 aromatic rings. The molecule has 0 saturated carbocycles. The van der Waals surface area contributed by atoms with Gasteiger partial charge >= 0.3 is 11.9 Å². The summed E-state index contributed by atoms with van der Waals surface area (Å²) in [5, 5.41) is 0. The lowest BCUT2D eigenvalue weighted by atomic mass is 10.0. The van der Waals surface area contributed by atoms with Crippen molar-refractivity contribution >= 4 is 19.8 Å². The number of phosphoric ester groups is 1. The molecule has 0 aromatic carbocycles. The molecule has 9 nitrogen and oxygen atoms in total. The molecular formula is C89H174NO8P. The summed E-state index contributed by atoms with van der Waals surface area (Å²) >= 11 is 0. The Morgan fingerprint density at radius 1 is 0.313 bits per heavy atom. The van der Waals surface area contributed by atoms with Gasteiger partial charge in [0.1, 0.15) is 19.8 Å². The first-order valence-corrected chi connectivity index (χ1v) is 46.0. The Hall–Kier alpha value is -1.51. The zero-order chi connectivity index (χ0) is 71.8. The number of phosphoric acid groups is 1. The standard InChI is InChI=1S/C89H174NO8P/c1-6-8-10-12-14-16-18-20-22-24-26-28-30-32-34-36-38-40-42-43-44-45-46-47-48-50-52-54-56-58-60-62-64-66-68-70-72-74-76-78-80-82-89(92)98-87(86-97-99(93,94)96-84-83-90(3,4)5)85-95-88(91)81-79-77-75-73-71-69-67-65-63-61-59-57-55-53-51-49-41-39-37-35-33-31-29-27-25-23-21-19-17-15-13-11-9-7-2/h18,20,24,26,87H,6-17,19,21-23,25,27-86H2,1-5H3/b20-18-,26-24-. The van der Waals surface area contributed by atoms with Gasteiger partial charge < -0.3 is 27.9 Å². The van der Waals surface area contributed by atoms with Crippen molar-refractivity contribution < 1.29 is 42.1 Å². The quantitative estimate of drug-likeness (QED) is 0.0195. The number of hydrogen-bond donors (Lipinski definition) is 0. The summed E-state index contributed by atoms with van der Waals surface area (Å²) in [7, 11) is 1.20. The fraction of sp³-hybridized carbons (Fsp3) is 0.933. The Bertz CT molecular complexity index is 1720. The lowest BCUT2D eigenvalue weighted by Crippen LogP contribution is -2.37.